The Morgan fingerprint density at radius 2 is 1.69 bits per heavy atom. The molecule has 0 fully saturated rings. The van der Waals surface area contributed by atoms with Gasteiger partial charge in [-0.2, -0.15) is 4.89 Å². The van der Waals surface area contributed by atoms with Crippen molar-refractivity contribution in [1.29, 1.82) is 0 Å². The first-order chi connectivity index (χ1) is 12.3. The van der Waals surface area contributed by atoms with E-state index in [0.29, 0.717) is 5.71 Å². The quantitative estimate of drug-likeness (QED) is 0.394. The summed E-state index contributed by atoms with van der Waals surface area (Å²) in [5, 5.41) is 4.03. The van der Waals surface area contributed by atoms with E-state index in [1.165, 1.54) is 0 Å². The minimum Gasteiger partial charge on any atom is -0.383 e. The van der Waals surface area contributed by atoms with Crippen molar-refractivity contribution >= 4 is 23.4 Å². The number of nitrogens with zero attached hydrogens (tertiary/aromatic N) is 1. The van der Waals surface area contributed by atoms with Crippen LogP contribution in [0.25, 0.3) is 0 Å². The summed E-state index contributed by atoms with van der Waals surface area (Å²) in [4.78, 5) is 28.5. The van der Waals surface area contributed by atoms with E-state index < -0.39 is 11.6 Å². The van der Waals surface area contributed by atoms with Crippen LogP contribution in [0.2, 0.25) is 0 Å². The van der Waals surface area contributed by atoms with Crippen LogP contribution in [-0.2, 0) is 19.4 Å². The summed E-state index contributed by atoms with van der Waals surface area (Å²) in [5.74, 6) is -0.636. The molecular formula is C20H23NO4S. The van der Waals surface area contributed by atoms with E-state index in [9.17, 15) is 4.79 Å². The van der Waals surface area contributed by atoms with Gasteiger partial charge in [-0.05, 0) is 45.9 Å². The molecule has 0 heterocycles. The molecule has 0 aliphatic rings. The molecule has 5 nitrogen and oxygen atoms in total. The van der Waals surface area contributed by atoms with Gasteiger partial charge < -0.3 is 4.84 Å². The van der Waals surface area contributed by atoms with Gasteiger partial charge in [-0.1, -0.05) is 53.3 Å². The average Bonchev–Trinajstić information content (AvgIpc) is 2.60. The lowest BCUT2D eigenvalue weighted by Crippen LogP contribution is -2.23. The number of oxime groups is 1. The van der Waals surface area contributed by atoms with Crippen LogP contribution in [-0.4, -0.2) is 23.9 Å². The molecular weight excluding hydrogens is 350 g/mol. The Hall–Kier alpha value is -2.31. The first-order valence-corrected chi connectivity index (χ1v) is 9.04. The fourth-order valence-electron chi connectivity index (χ4n) is 1.90. The lowest BCUT2D eigenvalue weighted by Gasteiger charge is -2.16. The van der Waals surface area contributed by atoms with Crippen LogP contribution in [0.15, 0.2) is 69.5 Å². The second kappa shape index (κ2) is 9.40. The molecule has 0 aromatic heterocycles. The van der Waals surface area contributed by atoms with Gasteiger partial charge >= 0.3 is 5.97 Å². The van der Waals surface area contributed by atoms with Crippen molar-refractivity contribution in [2.45, 2.75) is 43.1 Å². The third-order valence-corrected chi connectivity index (χ3v) is 4.10. The van der Waals surface area contributed by atoms with Crippen molar-refractivity contribution in [2.24, 2.45) is 5.16 Å². The summed E-state index contributed by atoms with van der Waals surface area (Å²) < 4.78 is 0. The Bertz CT molecular complexity index is 754. The Kier molecular flexibility index (Phi) is 7.24. The molecule has 0 spiro atoms. The number of hydrogen-bond donors (Lipinski definition) is 0. The minimum absolute atomic E-state index is 0.318. The Morgan fingerprint density at radius 1 is 1.04 bits per heavy atom. The molecule has 0 aliphatic carbocycles. The standard InChI is InChI=1S/C20H23NO4S/c1-15(21-23-14-19(22)24-25-20(2,3)4)17-12-8-9-13-18(17)26-16-10-6-5-7-11-16/h5-13H,14H2,1-4H3/b21-15+. The van der Waals surface area contributed by atoms with Gasteiger partial charge in [0, 0.05) is 15.4 Å². The predicted octanol–water partition coefficient (Wildman–Crippen LogP) is 4.85. The summed E-state index contributed by atoms with van der Waals surface area (Å²) in [5.41, 5.74) is 1.05. The second-order valence-electron chi connectivity index (χ2n) is 6.51. The predicted molar refractivity (Wildman–Crippen MR) is 102 cm³/mol. The molecule has 0 atom stereocenters. The van der Waals surface area contributed by atoms with E-state index in [1.54, 1.807) is 32.5 Å². The third kappa shape index (κ3) is 6.90. The maximum atomic E-state index is 11.6. The number of carbonyl (C=O) groups is 1. The molecule has 2 rings (SSSR count). The number of benzene rings is 2. The lowest BCUT2D eigenvalue weighted by atomic mass is 10.1. The van der Waals surface area contributed by atoms with E-state index in [1.807, 2.05) is 49.4 Å². The molecule has 0 bridgehead atoms. The van der Waals surface area contributed by atoms with Gasteiger partial charge in [0.25, 0.3) is 0 Å². The molecule has 0 saturated carbocycles. The van der Waals surface area contributed by atoms with Crippen molar-refractivity contribution in [3.05, 3.63) is 60.2 Å². The highest BCUT2D eigenvalue weighted by Crippen LogP contribution is 2.30. The summed E-state index contributed by atoms with van der Waals surface area (Å²) in [6.45, 7) is 6.86. The fraction of sp³-hybridized carbons (Fsp3) is 0.300. The van der Waals surface area contributed by atoms with E-state index >= 15 is 0 Å². The van der Waals surface area contributed by atoms with Crippen molar-refractivity contribution in [3.63, 3.8) is 0 Å². The number of carbonyl (C=O) groups excluding carboxylic acids is 1. The van der Waals surface area contributed by atoms with Gasteiger partial charge in [-0.3, -0.25) is 4.89 Å². The molecule has 0 radical (unpaired) electrons. The summed E-state index contributed by atoms with van der Waals surface area (Å²) in [6.07, 6.45) is 0. The molecule has 2 aromatic rings. The molecule has 6 heteroatoms. The molecule has 0 aliphatic heterocycles. The minimum atomic E-state index is -0.636. The van der Waals surface area contributed by atoms with E-state index in [0.717, 1.165) is 15.4 Å². The third-order valence-electron chi connectivity index (χ3n) is 3.02. The van der Waals surface area contributed by atoms with Crippen LogP contribution >= 0.6 is 11.8 Å². The van der Waals surface area contributed by atoms with E-state index in [2.05, 4.69) is 22.2 Å². The monoisotopic (exact) mass is 373 g/mol. The Labute approximate surface area is 158 Å². The van der Waals surface area contributed by atoms with Crippen LogP contribution < -0.4 is 0 Å². The number of rotatable bonds is 7. The van der Waals surface area contributed by atoms with Crippen LogP contribution in [0.5, 0.6) is 0 Å². The Balaban J connectivity index is 1.97. The number of hydrogen-bond acceptors (Lipinski definition) is 6. The smallest absolute Gasteiger partial charge is 0.382 e. The topological polar surface area (TPSA) is 57.1 Å². The first kappa shape index (κ1) is 20.0. The Morgan fingerprint density at radius 3 is 2.38 bits per heavy atom. The zero-order valence-electron chi connectivity index (χ0n) is 15.4. The van der Waals surface area contributed by atoms with Crippen molar-refractivity contribution < 1.29 is 19.4 Å². The van der Waals surface area contributed by atoms with Crippen LogP contribution in [0.4, 0.5) is 0 Å². The highest BCUT2D eigenvalue weighted by molar-refractivity contribution is 7.99. The van der Waals surface area contributed by atoms with E-state index in [4.69, 9.17) is 9.73 Å². The van der Waals surface area contributed by atoms with Gasteiger partial charge in [0.1, 0.15) is 5.60 Å². The highest BCUT2D eigenvalue weighted by Gasteiger charge is 2.15. The first-order valence-electron chi connectivity index (χ1n) is 8.22. The summed E-state index contributed by atoms with van der Waals surface area (Å²) >= 11 is 1.65. The van der Waals surface area contributed by atoms with Gasteiger partial charge in [0.05, 0.1) is 5.71 Å². The molecule has 26 heavy (non-hydrogen) atoms. The largest absolute Gasteiger partial charge is 0.383 e. The normalized spacial score (nSPS) is 11.9. The highest BCUT2D eigenvalue weighted by atomic mass is 32.2. The van der Waals surface area contributed by atoms with Gasteiger partial charge in [0.2, 0.25) is 6.61 Å². The van der Waals surface area contributed by atoms with Crippen molar-refractivity contribution in [1.82, 2.24) is 0 Å². The van der Waals surface area contributed by atoms with Gasteiger partial charge in [-0.25, -0.2) is 4.79 Å². The van der Waals surface area contributed by atoms with Crippen molar-refractivity contribution in [3.8, 4) is 0 Å². The SMILES string of the molecule is C/C(=N\OCC(=O)OOC(C)(C)C)c1ccccc1Sc1ccccc1. The molecule has 138 valence electrons. The zero-order chi connectivity index (χ0) is 19.0. The summed E-state index contributed by atoms with van der Waals surface area (Å²) in [6, 6.07) is 18.0. The molecule has 0 amide bonds. The fourth-order valence-corrected chi connectivity index (χ4v) is 2.92. The maximum absolute atomic E-state index is 11.6. The molecule has 0 saturated heterocycles. The van der Waals surface area contributed by atoms with Crippen LogP contribution in [0.1, 0.15) is 33.3 Å². The molecule has 2 aromatic carbocycles. The van der Waals surface area contributed by atoms with E-state index in [-0.39, 0.29) is 6.61 Å². The summed E-state index contributed by atoms with van der Waals surface area (Å²) in [7, 11) is 0. The van der Waals surface area contributed by atoms with Gasteiger partial charge in [0.15, 0.2) is 0 Å². The van der Waals surface area contributed by atoms with Crippen LogP contribution in [0, 0.1) is 0 Å². The molecule has 0 unspecified atom stereocenters. The maximum Gasteiger partial charge on any atom is 0.382 e. The second-order valence-corrected chi connectivity index (χ2v) is 7.63. The van der Waals surface area contributed by atoms with Crippen molar-refractivity contribution in [2.75, 3.05) is 6.61 Å². The average molecular weight is 373 g/mol. The van der Waals surface area contributed by atoms with Crippen LogP contribution in [0.3, 0.4) is 0 Å². The molecule has 0 N–H and O–H groups in total. The zero-order valence-corrected chi connectivity index (χ0v) is 16.2. The lowest BCUT2D eigenvalue weighted by molar-refractivity contribution is -0.322. The van der Waals surface area contributed by atoms with Gasteiger partial charge in [-0.15, -0.1) is 0 Å².